The predicted molar refractivity (Wildman–Crippen MR) is 135 cm³/mol. The lowest BCUT2D eigenvalue weighted by molar-refractivity contribution is -0.139. The maximum Gasteiger partial charge on any atom is 0.226 e. The van der Waals surface area contributed by atoms with Crippen LogP contribution < -0.4 is 4.90 Å². The van der Waals surface area contributed by atoms with Crippen molar-refractivity contribution in [2.24, 2.45) is 5.92 Å². The molecule has 0 radical (unpaired) electrons. The highest BCUT2D eigenvalue weighted by Crippen LogP contribution is 2.32. The molecule has 1 aliphatic carbocycles. The fraction of sp³-hybridized carbons (Fsp3) is 0.630. The Labute approximate surface area is 203 Å². The lowest BCUT2D eigenvalue weighted by Gasteiger charge is -2.37. The monoisotopic (exact) mass is 469 g/mol. The second-order valence-corrected chi connectivity index (χ2v) is 10.1. The molecule has 34 heavy (non-hydrogen) atoms. The summed E-state index contributed by atoms with van der Waals surface area (Å²) in [6.07, 6.45) is 5.52. The molecule has 2 heterocycles. The van der Waals surface area contributed by atoms with E-state index in [1.54, 1.807) is 6.07 Å². The third kappa shape index (κ3) is 5.29. The molecule has 6 nitrogen and oxygen atoms in total. The fourth-order valence-corrected chi connectivity index (χ4v) is 5.39. The molecule has 0 spiro atoms. The number of hydrogen-bond acceptors (Lipinski definition) is 4. The van der Waals surface area contributed by atoms with Crippen molar-refractivity contribution in [3.8, 4) is 5.69 Å². The summed E-state index contributed by atoms with van der Waals surface area (Å²) in [6.45, 7) is 13.7. The summed E-state index contributed by atoms with van der Waals surface area (Å²) in [6, 6.07) is 6.74. The molecule has 1 saturated heterocycles. The van der Waals surface area contributed by atoms with Gasteiger partial charge in [0, 0.05) is 43.7 Å². The lowest BCUT2D eigenvalue weighted by atomic mass is 9.88. The first-order valence-electron chi connectivity index (χ1n) is 13.0. The Morgan fingerprint density at radius 2 is 1.85 bits per heavy atom. The van der Waals surface area contributed by atoms with Crippen LogP contribution in [-0.2, 0) is 11.3 Å². The molecule has 186 valence electrons. The quantitative estimate of drug-likeness (QED) is 0.586. The van der Waals surface area contributed by atoms with E-state index in [4.69, 9.17) is 5.10 Å². The van der Waals surface area contributed by atoms with E-state index in [1.807, 2.05) is 22.6 Å². The van der Waals surface area contributed by atoms with Crippen LogP contribution in [0.15, 0.2) is 24.3 Å². The molecular formula is C27H40FN5O. The summed E-state index contributed by atoms with van der Waals surface area (Å²) in [4.78, 5) is 20.4. The zero-order chi connectivity index (χ0) is 24.2. The Hall–Kier alpha value is -2.41. The minimum absolute atomic E-state index is 0.108. The van der Waals surface area contributed by atoms with Crippen LogP contribution in [0.3, 0.4) is 0 Å². The van der Waals surface area contributed by atoms with Gasteiger partial charge < -0.3 is 14.7 Å². The molecule has 1 saturated carbocycles. The van der Waals surface area contributed by atoms with Crippen molar-refractivity contribution in [1.29, 1.82) is 0 Å². The van der Waals surface area contributed by atoms with E-state index in [9.17, 15) is 9.18 Å². The summed E-state index contributed by atoms with van der Waals surface area (Å²) in [5.74, 6) is 1.13. The van der Waals surface area contributed by atoms with Crippen molar-refractivity contribution in [3.05, 3.63) is 41.3 Å². The molecule has 2 aromatic rings. The van der Waals surface area contributed by atoms with E-state index in [1.165, 1.54) is 18.6 Å². The van der Waals surface area contributed by atoms with Crippen LogP contribution >= 0.6 is 0 Å². The van der Waals surface area contributed by atoms with E-state index in [0.29, 0.717) is 6.54 Å². The number of carbonyl (C=O) groups is 1. The zero-order valence-corrected chi connectivity index (χ0v) is 21.3. The summed E-state index contributed by atoms with van der Waals surface area (Å²) in [5, 5.41) is 4.88. The molecule has 1 aromatic heterocycles. The maximum atomic E-state index is 14.1. The van der Waals surface area contributed by atoms with Crippen LogP contribution in [0, 0.1) is 18.7 Å². The molecule has 1 aromatic carbocycles. The van der Waals surface area contributed by atoms with Crippen LogP contribution in [-0.4, -0.2) is 64.3 Å². The maximum absolute atomic E-state index is 14.1. The molecule has 1 aliphatic heterocycles. The number of amides is 1. The van der Waals surface area contributed by atoms with Crippen molar-refractivity contribution in [2.75, 3.05) is 37.6 Å². The Morgan fingerprint density at radius 3 is 2.47 bits per heavy atom. The van der Waals surface area contributed by atoms with Gasteiger partial charge in [0.1, 0.15) is 11.6 Å². The zero-order valence-electron chi connectivity index (χ0n) is 21.3. The first kappa shape index (κ1) is 24.7. The number of anilines is 1. The third-order valence-corrected chi connectivity index (χ3v) is 7.52. The molecule has 4 rings (SSSR count). The van der Waals surface area contributed by atoms with Gasteiger partial charge in [-0.15, -0.1) is 0 Å². The highest BCUT2D eigenvalue weighted by atomic mass is 19.1. The average Bonchev–Trinajstić information content (AvgIpc) is 3.18. The first-order valence-corrected chi connectivity index (χ1v) is 13.0. The normalized spacial score (nSPS) is 18.0. The number of likely N-dealkylation sites (N-methyl/N-ethyl adjacent to an activating group) is 1. The highest BCUT2D eigenvalue weighted by molar-refractivity contribution is 5.79. The largest absolute Gasteiger partial charge is 0.354 e. The van der Waals surface area contributed by atoms with E-state index in [2.05, 4.69) is 30.6 Å². The Kier molecular flexibility index (Phi) is 7.91. The highest BCUT2D eigenvalue weighted by Gasteiger charge is 2.31. The summed E-state index contributed by atoms with van der Waals surface area (Å²) in [5.41, 5.74) is 2.70. The number of hydrogen-bond donors (Lipinski definition) is 0. The van der Waals surface area contributed by atoms with Crippen LogP contribution in [0.5, 0.6) is 0 Å². The SMILES string of the molecule is CCN1CCN(c2c(CN(C(=O)C3CCCCC3)C(C)C)c(C)nn2-c2cccc(F)c2)CC1. The van der Waals surface area contributed by atoms with Crippen molar-refractivity contribution in [3.63, 3.8) is 0 Å². The van der Waals surface area contributed by atoms with Gasteiger partial charge >= 0.3 is 0 Å². The van der Waals surface area contributed by atoms with Crippen molar-refractivity contribution in [2.45, 2.75) is 72.4 Å². The number of aromatic nitrogens is 2. The van der Waals surface area contributed by atoms with E-state index < -0.39 is 0 Å². The molecule has 0 unspecified atom stereocenters. The standard InChI is InChI=1S/C27H40FN5O/c1-5-30-14-16-31(17-15-30)26-25(21(4)29-33(26)24-13-9-12-23(28)18-24)19-32(20(2)3)27(34)22-10-7-6-8-11-22/h9,12-13,18,20,22H,5-8,10-11,14-17,19H2,1-4H3. The summed E-state index contributed by atoms with van der Waals surface area (Å²) >= 11 is 0. The Bertz CT molecular complexity index is 973. The van der Waals surface area contributed by atoms with E-state index in [-0.39, 0.29) is 23.7 Å². The number of piperazine rings is 1. The molecule has 7 heteroatoms. The number of nitrogens with zero attached hydrogens (tertiary/aromatic N) is 5. The van der Waals surface area contributed by atoms with Crippen LogP contribution in [0.1, 0.15) is 64.1 Å². The third-order valence-electron chi connectivity index (χ3n) is 7.52. The van der Waals surface area contributed by atoms with Gasteiger partial charge in [0.15, 0.2) is 0 Å². The second-order valence-electron chi connectivity index (χ2n) is 10.1. The molecule has 2 aliphatic rings. The van der Waals surface area contributed by atoms with Crippen LogP contribution in [0.25, 0.3) is 5.69 Å². The minimum Gasteiger partial charge on any atom is -0.354 e. The minimum atomic E-state index is -0.273. The van der Waals surface area contributed by atoms with Gasteiger partial charge in [0.05, 0.1) is 17.9 Å². The van der Waals surface area contributed by atoms with E-state index in [0.717, 1.165) is 81.2 Å². The van der Waals surface area contributed by atoms with E-state index >= 15 is 0 Å². The summed E-state index contributed by atoms with van der Waals surface area (Å²) in [7, 11) is 0. The molecule has 1 amide bonds. The Morgan fingerprint density at radius 1 is 1.15 bits per heavy atom. The first-order chi connectivity index (χ1) is 16.4. The summed E-state index contributed by atoms with van der Waals surface area (Å²) < 4.78 is 16.0. The molecule has 0 atom stereocenters. The van der Waals surface area contributed by atoms with Crippen molar-refractivity contribution in [1.82, 2.24) is 19.6 Å². The Balaban J connectivity index is 1.71. The molecular weight excluding hydrogens is 429 g/mol. The molecule has 0 N–H and O–H groups in total. The number of halogens is 1. The van der Waals surface area contributed by atoms with Gasteiger partial charge in [-0.05, 0) is 58.4 Å². The lowest BCUT2D eigenvalue weighted by Crippen LogP contribution is -2.47. The van der Waals surface area contributed by atoms with Crippen molar-refractivity contribution < 1.29 is 9.18 Å². The van der Waals surface area contributed by atoms with Crippen LogP contribution in [0.4, 0.5) is 10.2 Å². The van der Waals surface area contributed by atoms with Gasteiger partial charge in [-0.3, -0.25) is 4.79 Å². The number of rotatable bonds is 7. The topological polar surface area (TPSA) is 44.6 Å². The van der Waals surface area contributed by atoms with Gasteiger partial charge in [-0.25, -0.2) is 9.07 Å². The predicted octanol–water partition coefficient (Wildman–Crippen LogP) is 4.78. The van der Waals surface area contributed by atoms with Crippen molar-refractivity contribution >= 4 is 11.7 Å². The molecule has 0 bridgehead atoms. The number of aryl methyl sites for hydroxylation is 1. The second kappa shape index (κ2) is 10.9. The number of benzene rings is 1. The van der Waals surface area contributed by atoms with Gasteiger partial charge in [-0.1, -0.05) is 32.3 Å². The van der Waals surface area contributed by atoms with Crippen LogP contribution in [0.2, 0.25) is 0 Å². The number of carbonyl (C=O) groups excluding carboxylic acids is 1. The van der Waals surface area contributed by atoms with Gasteiger partial charge in [0.25, 0.3) is 0 Å². The fourth-order valence-electron chi connectivity index (χ4n) is 5.39. The molecule has 2 fully saturated rings. The van der Waals surface area contributed by atoms with Gasteiger partial charge in [-0.2, -0.15) is 5.10 Å². The van der Waals surface area contributed by atoms with Gasteiger partial charge in [0.2, 0.25) is 5.91 Å². The average molecular weight is 470 g/mol. The smallest absolute Gasteiger partial charge is 0.226 e.